The van der Waals surface area contributed by atoms with Gasteiger partial charge in [0.25, 0.3) is 0 Å². The minimum atomic E-state index is 0.784. The van der Waals surface area contributed by atoms with Crippen LogP contribution in [0.25, 0.3) is 0 Å². The third-order valence-electron chi connectivity index (χ3n) is 2.73. The predicted molar refractivity (Wildman–Crippen MR) is 73.6 cm³/mol. The Bertz CT molecular complexity index is 298. The van der Waals surface area contributed by atoms with Crippen LogP contribution >= 0.6 is 0 Å². The minimum absolute atomic E-state index is 0.784. The highest BCUT2D eigenvalue weighted by Crippen LogP contribution is 2.13. The number of hydrogen-bond donors (Lipinski definition) is 1. The Labute approximate surface area is 105 Å². The number of anilines is 1. The summed E-state index contributed by atoms with van der Waals surface area (Å²) < 4.78 is 5.35. The van der Waals surface area contributed by atoms with Crippen molar-refractivity contribution in [3.8, 4) is 0 Å². The van der Waals surface area contributed by atoms with Gasteiger partial charge in [0.1, 0.15) is 0 Å². The van der Waals surface area contributed by atoms with E-state index in [1.807, 2.05) is 6.92 Å². The number of hydrogen-bond acceptors (Lipinski definition) is 3. The molecule has 0 bridgehead atoms. The van der Waals surface area contributed by atoms with Crippen molar-refractivity contribution < 1.29 is 4.74 Å². The first-order valence-corrected chi connectivity index (χ1v) is 6.36. The number of likely N-dealkylation sites (N-methyl/N-ethyl adjacent to an activating group) is 1. The van der Waals surface area contributed by atoms with E-state index in [1.165, 1.54) is 11.3 Å². The molecule has 0 fully saturated rings. The van der Waals surface area contributed by atoms with E-state index in [0.717, 1.165) is 32.8 Å². The molecule has 0 unspecified atom stereocenters. The lowest BCUT2D eigenvalue weighted by Crippen LogP contribution is -2.22. The molecule has 0 heterocycles. The fourth-order valence-corrected chi connectivity index (χ4v) is 1.61. The fourth-order valence-electron chi connectivity index (χ4n) is 1.61. The lowest BCUT2D eigenvalue weighted by Gasteiger charge is -2.19. The van der Waals surface area contributed by atoms with E-state index in [2.05, 4.69) is 48.5 Å². The third-order valence-corrected chi connectivity index (χ3v) is 2.73. The molecule has 96 valence electrons. The molecule has 0 saturated carbocycles. The standard InChI is InChI=1S/C14H24N2O/c1-4-15-12-13-6-8-14(9-7-13)16(3)10-11-17-5-2/h6-9,15H,4-5,10-12H2,1-3H3. The van der Waals surface area contributed by atoms with Gasteiger partial charge in [-0.25, -0.2) is 0 Å². The van der Waals surface area contributed by atoms with E-state index >= 15 is 0 Å². The van der Waals surface area contributed by atoms with Crippen LogP contribution in [0.1, 0.15) is 19.4 Å². The van der Waals surface area contributed by atoms with Gasteiger partial charge in [-0.3, -0.25) is 0 Å². The Hall–Kier alpha value is -1.06. The second-order valence-corrected chi connectivity index (χ2v) is 4.07. The summed E-state index contributed by atoms with van der Waals surface area (Å²) in [4.78, 5) is 2.21. The molecule has 1 N–H and O–H groups in total. The Balaban J connectivity index is 2.43. The van der Waals surface area contributed by atoms with Crippen molar-refractivity contribution >= 4 is 5.69 Å². The molecule has 0 amide bonds. The van der Waals surface area contributed by atoms with Gasteiger partial charge in [-0.2, -0.15) is 0 Å². The zero-order valence-electron chi connectivity index (χ0n) is 11.2. The first kappa shape index (κ1) is 14.0. The van der Waals surface area contributed by atoms with Crippen molar-refractivity contribution in [1.82, 2.24) is 5.32 Å². The van der Waals surface area contributed by atoms with Gasteiger partial charge < -0.3 is 15.0 Å². The van der Waals surface area contributed by atoms with Crippen molar-refractivity contribution in [3.05, 3.63) is 29.8 Å². The molecule has 3 nitrogen and oxygen atoms in total. The maximum absolute atomic E-state index is 5.35. The van der Waals surface area contributed by atoms with Crippen molar-refractivity contribution in [3.63, 3.8) is 0 Å². The lowest BCUT2D eigenvalue weighted by atomic mass is 10.2. The number of ether oxygens (including phenoxy) is 1. The summed E-state index contributed by atoms with van der Waals surface area (Å²) in [5, 5.41) is 3.32. The van der Waals surface area contributed by atoms with Crippen molar-refractivity contribution in [2.24, 2.45) is 0 Å². The molecule has 17 heavy (non-hydrogen) atoms. The topological polar surface area (TPSA) is 24.5 Å². The van der Waals surface area contributed by atoms with Gasteiger partial charge in [0.2, 0.25) is 0 Å². The van der Waals surface area contributed by atoms with Crippen molar-refractivity contribution in [1.29, 1.82) is 0 Å². The molecule has 1 rings (SSSR count). The highest BCUT2D eigenvalue weighted by molar-refractivity contribution is 5.46. The van der Waals surface area contributed by atoms with E-state index in [4.69, 9.17) is 4.74 Å². The van der Waals surface area contributed by atoms with Crippen LogP contribution < -0.4 is 10.2 Å². The Morgan fingerprint density at radius 1 is 1.18 bits per heavy atom. The number of rotatable bonds is 8. The lowest BCUT2D eigenvalue weighted by molar-refractivity contribution is 0.154. The van der Waals surface area contributed by atoms with E-state index in [-0.39, 0.29) is 0 Å². The number of nitrogens with zero attached hydrogens (tertiary/aromatic N) is 1. The Morgan fingerprint density at radius 3 is 2.47 bits per heavy atom. The summed E-state index contributed by atoms with van der Waals surface area (Å²) in [5.41, 5.74) is 2.57. The average molecular weight is 236 g/mol. The third kappa shape index (κ3) is 5.20. The van der Waals surface area contributed by atoms with Gasteiger partial charge >= 0.3 is 0 Å². The van der Waals surface area contributed by atoms with E-state index < -0.39 is 0 Å². The monoisotopic (exact) mass is 236 g/mol. The first-order chi connectivity index (χ1) is 8.27. The molecule has 0 aliphatic heterocycles. The molecule has 0 aliphatic carbocycles. The number of benzene rings is 1. The molecule has 3 heteroatoms. The smallest absolute Gasteiger partial charge is 0.0641 e. The van der Waals surface area contributed by atoms with Crippen molar-refractivity contribution in [2.45, 2.75) is 20.4 Å². The Kier molecular flexibility index (Phi) is 6.67. The van der Waals surface area contributed by atoms with Gasteiger partial charge in [-0.05, 0) is 31.2 Å². The molecule has 0 spiro atoms. The zero-order chi connectivity index (χ0) is 12.5. The molecule has 0 aliphatic rings. The fraction of sp³-hybridized carbons (Fsp3) is 0.571. The summed E-state index contributed by atoms with van der Waals surface area (Å²) >= 11 is 0. The second-order valence-electron chi connectivity index (χ2n) is 4.07. The van der Waals surface area contributed by atoms with Gasteiger partial charge in [0.15, 0.2) is 0 Å². The van der Waals surface area contributed by atoms with Gasteiger partial charge in [-0.15, -0.1) is 0 Å². The average Bonchev–Trinajstić information content (AvgIpc) is 2.37. The maximum Gasteiger partial charge on any atom is 0.0641 e. The maximum atomic E-state index is 5.35. The summed E-state index contributed by atoms with van der Waals surface area (Å²) in [6.07, 6.45) is 0. The van der Waals surface area contributed by atoms with Crippen LogP contribution in [-0.2, 0) is 11.3 Å². The zero-order valence-corrected chi connectivity index (χ0v) is 11.2. The molecule has 0 saturated heterocycles. The second kappa shape index (κ2) is 8.09. The van der Waals surface area contributed by atoms with E-state index in [1.54, 1.807) is 0 Å². The van der Waals surface area contributed by atoms with Gasteiger partial charge in [0.05, 0.1) is 6.61 Å². The van der Waals surface area contributed by atoms with Crippen LogP contribution in [0.5, 0.6) is 0 Å². The summed E-state index contributed by atoms with van der Waals surface area (Å²) in [6, 6.07) is 8.68. The van der Waals surface area contributed by atoms with Crippen molar-refractivity contribution in [2.75, 3.05) is 38.3 Å². The summed E-state index contributed by atoms with van der Waals surface area (Å²) in [5.74, 6) is 0. The Morgan fingerprint density at radius 2 is 1.88 bits per heavy atom. The minimum Gasteiger partial charge on any atom is -0.380 e. The summed E-state index contributed by atoms with van der Waals surface area (Å²) in [7, 11) is 2.10. The van der Waals surface area contributed by atoms with Crippen LogP contribution in [0.15, 0.2) is 24.3 Å². The molecular weight excluding hydrogens is 212 g/mol. The largest absolute Gasteiger partial charge is 0.380 e. The van der Waals surface area contributed by atoms with Crippen LogP contribution in [0.4, 0.5) is 5.69 Å². The molecule has 0 aromatic heterocycles. The molecule has 1 aromatic carbocycles. The SMILES string of the molecule is CCNCc1ccc(N(C)CCOCC)cc1. The van der Waals surface area contributed by atoms with E-state index in [9.17, 15) is 0 Å². The molecule has 0 radical (unpaired) electrons. The van der Waals surface area contributed by atoms with Crippen LogP contribution in [0, 0.1) is 0 Å². The molecule has 1 aromatic rings. The molecule has 0 atom stereocenters. The summed E-state index contributed by atoms with van der Waals surface area (Å²) in [6.45, 7) is 8.60. The normalized spacial score (nSPS) is 10.5. The van der Waals surface area contributed by atoms with E-state index in [0.29, 0.717) is 0 Å². The quantitative estimate of drug-likeness (QED) is 0.701. The van der Waals surface area contributed by atoms with Crippen LogP contribution in [0.2, 0.25) is 0 Å². The highest BCUT2D eigenvalue weighted by Gasteiger charge is 2.00. The predicted octanol–water partition coefficient (Wildman–Crippen LogP) is 2.27. The van der Waals surface area contributed by atoms with Crippen LogP contribution in [0.3, 0.4) is 0 Å². The van der Waals surface area contributed by atoms with Crippen LogP contribution in [-0.4, -0.2) is 33.4 Å². The number of nitrogens with one attached hydrogen (secondary N) is 1. The molecular formula is C14H24N2O. The van der Waals surface area contributed by atoms with Gasteiger partial charge in [0, 0.05) is 32.4 Å². The first-order valence-electron chi connectivity index (χ1n) is 6.36. The van der Waals surface area contributed by atoms with Gasteiger partial charge in [-0.1, -0.05) is 19.1 Å². The highest BCUT2D eigenvalue weighted by atomic mass is 16.5.